The average Bonchev–Trinajstić information content (AvgIpc) is 3.19. The highest BCUT2D eigenvalue weighted by Crippen LogP contribution is 2.45. The highest BCUT2D eigenvalue weighted by Gasteiger charge is 2.42. The highest BCUT2D eigenvalue weighted by atomic mass is 32.1. The lowest BCUT2D eigenvalue weighted by molar-refractivity contribution is 0.0761. The van der Waals surface area contributed by atoms with Crippen molar-refractivity contribution in [1.29, 1.82) is 0 Å². The smallest absolute Gasteiger partial charge is 0.321 e. The average molecular weight is 453 g/mol. The summed E-state index contributed by atoms with van der Waals surface area (Å²) in [5.41, 5.74) is -0.133. The van der Waals surface area contributed by atoms with Crippen LogP contribution in [0.2, 0.25) is 0 Å². The number of nitrogens with zero attached hydrogens (tertiary/aromatic N) is 4. The maximum Gasteiger partial charge on any atom is 0.321 e. The molecule has 30 heavy (non-hydrogen) atoms. The summed E-state index contributed by atoms with van der Waals surface area (Å²) in [6.45, 7) is 10.7. The van der Waals surface area contributed by atoms with Crippen molar-refractivity contribution in [1.82, 2.24) is 31.0 Å². The molecule has 1 aliphatic carbocycles. The molecule has 4 amide bonds. The van der Waals surface area contributed by atoms with Crippen molar-refractivity contribution in [3.63, 3.8) is 0 Å². The fourth-order valence-corrected chi connectivity index (χ4v) is 5.49. The number of aromatic nitrogens is 4. The Bertz CT molecular complexity index is 912. The molecule has 2 aromatic rings. The molecule has 1 aliphatic rings. The number of carbonyl (C=O) groups is 2. The number of aryl methyl sites for hydroxylation is 2. The number of anilines is 2. The summed E-state index contributed by atoms with van der Waals surface area (Å²) in [4.78, 5) is 24.7. The Labute approximate surface area is 183 Å². The molecule has 1 fully saturated rings. The summed E-state index contributed by atoms with van der Waals surface area (Å²) in [5.74, 6) is 0. The molecular weight excluding hydrogens is 424 g/mol. The summed E-state index contributed by atoms with van der Waals surface area (Å²) in [5, 5.41) is 29.6. The minimum absolute atomic E-state index is 0.0107. The topological polar surface area (TPSA) is 134 Å². The number of urea groups is 2. The fraction of sp³-hybridized carbons (Fsp3) is 0.667. The summed E-state index contributed by atoms with van der Waals surface area (Å²) in [6, 6.07) is -0.596. The van der Waals surface area contributed by atoms with E-state index in [0.29, 0.717) is 16.8 Å². The van der Waals surface area contributed by atoms with Gasteiger partial charge in [0, 0.05) is 12.6 Å². The first-order valence-corrected chi connectivity index (χ1v) is 11.4. The molecule has 2 unspecified atom stereocenters. The monoisotopic (exact) mass is 452 g/mol. The van der Waals surface area contributed by atoms with Gasteiger partial charge in [-0.05, 0) is 43.9 Å². The lowest BCUT2D eigenvalue weighted by Crippen LogP contribution is -2.51. The molecule has 2 heterocycles. The first kappa shape index (κ1) is 22.3. The van der Waals surface area contributed by atoms with Gasteiger partial charge >= 0.3 is 12.1 Å². The van der Waals surface area contributed by atoms with Gasteiger partial charge in [-0.15, -0.1) is 20.4 Å². The van der Waals surface area contributed by atoms with Crippen molar-refractivity contribution in [2.24, 2.45) is 10.8 Å². The van der Waals surface area contributed by atoms with Crippen LogP contribution in [0.5, 0.6) is 0 Å². The van der Waals surface area contributed by atoms with E-state index >= 15 is 0 Å². The Balaban J connectivity index is 1.55. The number of carbonyl (C=O) groups excluding carboxylic acids is 2. The Morgan fingerprint density at radius 3 is 2.03 bits per heavy atom. The van der Waals surface area contributed by atoms with Gasteiger partial charge in [0.1, 0.15) is 10.0 Å². The first-order chi connectivity index (χ1) is 14.0. The summed E-state index contributed by atoms with van der Waals surface area (Å²) in [7, 11) is 0. The van der Waals surface area contributed by atoms with E-state index in [-0.39, 0.29) is 28.9 Å². The van der Waals surface area contributed by atoms with E-state index in [9.17, 15) is 9.59 Å². The van der Waals surface area contributed by atoms with Crippen molar-refractivity contribution < 1.29 is 9.59 Å². The molecule has 10 nitrogen and oxygen atoms in total. The second kappa shape index (κ2) is 8.80. The van der Waals surface area contributed by atoms with Gasteiger partial charge in [0.2, 0.25) is 10.3 Å². The molecule has 2 atom stereocenters. The predicted octanol–water partition coefficient (Wildman–Crippen LogP) is 3.53. The van der Waals surface area contributed by atoms with Crippen LogP contribution in [0.25, 0.3) is 0 Å². The third-order valence-electron chi connectivity index (χ3n) is 4.95. The molecule has 0 saturated heterocycles. The predicted molar refractivity (Wildman–Crippen MR) is 118 cm³/mol. The summed E-state index contributed by atoms with van der Waals surface area (Å²) in [6.07, 6.45) is 2.56. The molecule has 0 aromatic carbocycles. The largest absolute Gasteiger partial charge is 0.337 e. The number of hydrogen-bond donors (Lipinski definition) is 4. The van der Waals surface area contributed by atoms with Crippen molar-refractivity contribution in [2.45, 2.75) is 59.9 Å². The molecule has 2 aromatic heterocycles. The summed E-state index contributed by atoms with van der Waals surface area (Å²) >= 11 is 2.66. The van der Waals surface area contributed by atoms with Gasteiger partial charge in [0.15, 0.2) is 0 Å². The van der Waals surface area contributed by atoms with E-state index in [1.165, 1.54) is 22.7 Å². The van der Waals surface area contributed by atoms with Gasteiger partial charge in [-0.3, -0.25) is 10.6 Å². The van der Waals surface area contributed by atoms with Crippen molar-refractivity contribution >= 4 is 45.0 Å². The number of nitrogens with one attached hydrogen (secondary N) is 4. The minimum atomic E-state index is -0.301. The molecule has 0 spiro atoms. The number of hydrogen-bond acceptors (Lipinski definition) is 8. The SMILES string of the molecule is Cc1nnc(NC(=O)NCC2(C)CC(NC(=O)Nc3nnc(C)s3)CC(C)(C)C2)s1. The van der Waals surface area contributed by atoms with Gasteiger partial charge in [-0.1, -0.05) is 43.4 Å². The Morgan fingerprint density at radius 1 is 0.933 bits per heavy atom. The van der Waals surface area contributed by atoms with Gasteiger partial charge in [-0.25, -0.2) is 9.59 Å². The first-order valence-electron chi connectivity index (χ1n) is 9.75. The minimum Gasteiger partial charge on any atom is -0.337 e. The van der Waals surface area contributed by atoms with Crippen LogP contribution in [0.15, 0.2) is 0 Å². The molecule has 164 valence electrons. The van der Waals surface area contributed by atoms with Gasteiger partial charge in [0.25, 0.3) is 0 Å². The van der Waals surface area contributed by atoms with E-state index in [4.69, 9.17) is 0 Å². The van der Waals surface area contributed by atoms with Crippen LogP contribution >= 0.6 is 22.7 Å². The Kier molecular flexibility index (Phi) is 6.56. The van der Waals surface area contributed by atoms with E-state index in [2.05, 4.69) is 62.4 Å². The lowest BCUT2D eigenvalue weighted by Gasteiger charge is -2.46. The standard InChI is InChI=1S/C18H28N8O2S2/c1-10-23-25-15(29-10)21-13(27)19-9-18(5)7-12(6-17(3,4)8-18)20-14(28)22-16-26-24-11(2)30-16/h12H,6-9H2,1-5H3,(H2,19,21,25,27)(H2,20,22,26,28). The normalized spacial score (nSPS) is 22.9. The molecule has 3 rings (SSSR count). The van der Waals surface area contributed by atoms with Crippen molar-refractivity contribution in [3.8, 4) is 0 Å². The highest BCUT2D eigenvalue weighted by molar-refractivity contribution is 7.15. The third kappa shape index (κ3) is 6.33. The van der Waals surface area contributed by atoms with E-state index in [1.54, 1.807) is 0 Å². The van der Waals surface area contributed by atoms with Crippen LogP contribution in [0.1, 0.15) is 50.0 Å². The molecule has 4 N–H and O–H groups in total. The molecule has 1 saturated carbocycles. The molecule has 0 aliphatic heterocycles. The number of amides is 4. The van der Waals surface area contributed by atoms with E-state index in [0.717, 1.165) is 29.3 Å². The van der Waals surface area contributed by atoms with Crippen LogP contribution < -0.4 is 21.3 Å². The zero-order valence-electron chi connectivity index (χ0n) is 17.8. The molecule has 0 bridgehead atoms. The quantitative estimate of drug-likeness (QED) is 0.548. The zero-order valence-corrected chi connectivity index (χ0v) is 19.5. The number of rotatable bonds is 5. The van der Waals surface area contributed by atoms with Crippen molar-refractivity contribution in [2.75, 3.05) is 17.2 Å². The zero-order chi connectivity index (χ0) is 21.9. The van der Waals surface area contributed by atoms with Crippen molar-refractivity contribution in [3.05, 3.63) is 10.0 Å². The molecular formula is C18H28N8O2S2. The fourth-order valence-electron chi connectivity index (χ4n) is 4.32. The van der Waals surface area contributed by atoms with Gasteiger partial charge in [0.05, 0.1) is 0 Å². The maximum absolute atomic E-state index is 12.4. The van der Waals surface area contributed by atoms with E-state index < -0.39 is 0 Å². The molecule has 12 heteroatoms. The van der Waals surface area contributed by atoms with Crippen LogP contribution in [0.4, 0.5) is 19.9 Å². The van der Waals surface area contributed by atoms with E-state index in [1.807, 2.05) is 13.8 Å². The van der Waals surface area contributed by atoms with Gasteiger partial charge < -0.3 is 10.6 Å². The van der Waals surface area contributed by atoms with Crippen LogP contribution in [0, 0.1) is 24.7 Å². The van der Waals surface area contributed by atoms with Gasteiger partial charge in [-0.2, -0.15) is 0 Å². The summed E-state index contributed by atoms with van der Waals surface area (Å²) < 4.78 is 0. The van der Waals surface area contributed by atoms with Crippen LogP contribution in [-0.2, 0) is 0 Å². The van der Waals surface area contributed by atoms with Crippen LogP contribution in [-0.4, -0.2) is 45.0 Å². The molecule has 0 radical (unpaired) electrons. The second-order valence-corrected chi connectivity index (χ2v) is 11.3. The third-order valence-corrected chi connectivity index (χ3v) is 6.46. The second-order valence-electron chi connectivity index (χ2n) is 8.92. The lowest BCUT2D eigenvalue weighted by atomic mass is 9.62. The van der Waals surface area contributed by atoms with Crippen LogP contribution in [0.3, 0.4) is 0 Å². The Hall–Kier alpha value is -2.34. The maximum atomic E-state index is 12.4. The Morgan fingerprint density at radius 2 is 1.50 bits per heavy atom.